The van der Waals surface area contributed by atoms with Crippen LogP contribution >= 0.6 is 0 Å². The van der Waals surface area contributed by atoms with Crippen molar-refractivity contribution < 1.29 is 4.57 Å². The van der Waals surface area contributed by atoms with Crippen LogP contribution in [0.2, 0.25) is 0 Å². The number of rotatable bonds is 2. The summed E-state index contributed by atoms with van der Waals surface area (Å²) in [6, 6.07) is 16.5. The molecule has 2 heteroatoms. The predicted molar refractivity (Wildman–Crippen MR) is 109 cm³/mol. The molecule has 1 fully saturated rings. The molecule has 0 aliphatic heterocycles. The molecule has 0 unspecified atom stereocenters. The average Bonchev–Trinajstić information content (AvgIpc) is 3.21. The topological polar surface area (TPSA) is 8.81 Å². The average molecular weight is 348 g/mol. The second kappa shape index (κ2) is 6.26. The van der Waals surface area contributed by atoms with Gasteiger partial charge in [0.25, 0.3) is 5.82 Å². The minimum absolute atomic E-state index is 0.184. The van der Waals surface area contributed by atoms with E-state index in [4.69, 9.17) is 0 Å². The number of aromatic nitrogens is 2. The molecule has 2 aromatic carbocycles. The van der Waals surface area contributed by atoms with E-state index in [9.17, 15) is 0 Å². The molecule has 4 rings (SSSR count). The summed E-state index contributed by atoms with van der Waals surface area (Å²) in [7, 11) is 2.22. The molecule has 1 heterocycles. The van der Waals surface area contributed by atoms with E-state index in [1.54, 1.807) is 0 Å². The zero-order chi connectivity index (χ0) is 18.5. The fourth-order valence-corrected chi connectivity index (χ4v) is 4.56. The van der Waals surface area contributed by atoms with Crippen LogP contribution in [0.4, 0.5) is 0 Å². The van der Waals surface area contributed by atoms with E-state index >= 15 is 0 Å². The summed E-state index contributed by atoms with van der Waals surface area (Å²) in [6.07, 6.45) is 5.29. The van der Waals surface area contributed by atoms with Gasteiger partial charge in [-0.05, 0) is 67.3 Å². The minimum Gasteiger partial charge on any atom is -0.226 e. The van der Waals surface area contributed by atoms with Crippen LogP contribution in [0.5, 0.6) is 0 Å². The van der Waals surface area contributed by atoms with Gasteiger partial charge in [0.1, 0.15) is 6.04 Å². The van der Waals surface area contributed by atoms with Crippen LogP contribution < -0.4 is 4.57 Å². The number of benzene rings is 2. The summed E-state index contributed by atoms with van der Waals surface area (Å²) >= 11 is 0. The second-order valence-electron chi connectivity index (χ2n) is 8.96. The molecule has 2 nitrogen and oxygen atoms in total. The Morgan fingerprint density at radius 3 is 2.35 bits per heavy atom. The van der Waals surface area contributed by atoms with Crippen molar-refractivity contribution in [2.24, 2.45) is 7.05 Å². The van der Waals surface area contributed by atoms with E-state index in [1.165, 1.54) is 59.2 Å². The molecule has 1 aromatic heterocycles. The Bertz CT molecular complexity index is 950. The molecule has 26 heavy (non-hydrogen) atoms. The third-order valence-electron chi connectivity index (χ3n) is 6.07. The lowest BCUT2D eigenvalue weighted by molar-refractivity contribution is -0.634. The number of imidazole rings is 1. The molecular formula is C24H31N2+. The number of hydrogen-bond acceptors (Lipinski definition) is 0. The van der Waals surface area contributed by atoms with Crippen molar-refractivity contribution in [2.75, 3.05) is 0 Å². The molecule has 0 radical (unpaired) electrons. The van der Waals surface area contributed by atoms with Gasteiger partial charge in [-0.1, -0.05) is 45.0 Å². The Morgan fingerprint density at radius 2 is 1.69 bits per heavy atom. The summed E-state index contributed by atoms with van der Waals surface area (Å²) in [6.45, 7) is 9.13. The molecular weight excluding hydrogens is 316 g/mol. The zero-order valence-corrected chi connectivity index (χ0v) is 16.8. The van der Waals surface area contributed by atoms with Gasteiger partial charge in [0.05, 0.1) is 12.6 Å². The van der Waals surface area contributed by atoms with Gasteiger partial charge in [0.2, 0.25) is 0 Å². The van der Waals surface area contributed by atoms with Crippen molar-refractivity contribution in [2.45, 2.75) is 64.8 Å². The van der Waals surface area contributed by atoms with Crippen molar-refractivity contribution in [3.63, 3.8) is 0 Å². The number of hydrogen-bond donors (Lipinski definition) is 0. The van der Waals surface area contributed by atoms with E-state index in [0.717, 1.165) is 0 Å². The molecule has 0 atom stereocenters. The minimum atomic E-state index is 0.184. The van der Waals surface area contributed by atoms with Crippen molar-refractivity contribution in [3.8, 4) is 11.4 Å². The van der Waals surface area contributed by atoms with E-state index in [-0.39, 0.29) is 5.41 Å². The maximum Gasteiger partial charge on any atom is 0.290 e. The molecule has 0 saturated heterocycles. The quantitative estimate of drug-likeness (QED) is 0.514. The first kappa shape index (κ1) is 17.3. The van der Waals surface area contributed by atoms with Crippen LogP contribution in [0.3, 0.4) is 0 Å². The smallest absolute Gasteiger partial charge is 0.226 e. The lowest BCUT2D eigenvalue weighted by Crippen LogP contribution is -2.31. The third-order valence-corrected chi connectivity index (χ3v) is 6.07. The Balaban J connectivity index is 1.97. The van der Waals surface area contributed by atoms with Gasteiger partial charge in [0.15, 0.2) is 11.0 Å². The highest BCUT2D eigenvalue weighted by molar-refractivity contribution is 5.77. The van der Waals surface area contributed by atoms with Gasteiger partial charge in [-0.15, -0.1) is 0 Å². The maximum atomic E-state index is 2.63. The van der Waals surface area contributed by atoms with Crippen molar-refractivity contribution in [3.05, 3.63) is 53.6 Å². The summed E-state index contributed by atoms with van der Waals surface area (Å²) in [5.41, 5.74) is 7.03. The highest BCUT2D eigenvalue weighted by atomic mass is 15.2. The lowest BCUT2D eigenvalue weighted by atomic mass is 9.85. The highest BCUT2D eigenvalue weighted by Gasteiger charge is 2.32. The van der Waals surface area contributed by atoms with Gasteiger partial charge in [-0.25, -0.2) is 9.13 Å². The number of fused-ring (bicyclic) bond motifs is 1. The van der Waals surface area contributed by atoms with Crippen LogP contribution in [0.15, 0.2) is 42.5 Å². The van der Waals surface area contributed by atoms with Crippen molar-refractivity contribution in [1.82, 2.24) is 4.57 Å². The molecule has 0 amide bonds. The summed E-state index contributed by atoms with van der Waals surface area (Å²) in [4.78, 5) is 0. The first-order valence-corrected chi connectivity index (χ1v) is 9.98. The standard InChI is InChI=1S/C24H31N2/c1-17-16-18(24(2,3)4)14-15-20(17)23-25(5)21-12-8-9-13-22(21)26(23)19-10-6-7-11-19/h8-9,12-16,19H,6-7,10-11H2,1-5H3/q+1. The summed E-state index contributed by atoms with van der Waals surface area (Å²) in [5, 5.41) is 0. The SMILES string of the molecule is Cc1cc(C(C)(C)C)ccc1-c1n(C2CCCC2)c2ccccc2[n+]1C. The molecule has 1 aliphatic carbocycles. The number of para-hydroxylation sites is 2. The Hall–Kier alpha value is -2.09. The van der Waals surface area contributed by atoms with Gasteiger partial charge < -0.3 is 0 Å². The maximum absolute atomic E-state index is 2.63. The Labute approximate surface area is 157 Å². The monoisotopic (exact) mass is 347 g/mol. The van der Waals surface area contributed by atoms with Crippen LogP contribution in [-0.2, 0) is 12.5 Å². The van der Waals surface area contributed by atoms with Crippen LogP contribution in [0, 0.1) is 6.92 Å². The number of aryl methyl sites for hydroxylation is 2. The molecule has 0 bridgehead atoms. The number of nitrogens with zero attached hydrogens (tertiary/aromatic N) is 2. The molecule has 1 saturated carbocycles. The molecule has 1 aliphatic rings. The third kappa shape index (κ3) is 2.76. The summed E-state index contributed by atoms with van der Waals surface area (Å²) in [5.74, 6) is 1.36. The predicted octanol–water partition coefficient (Wildman–Crippen LogP) is 5.85. The first-order valence-electron chi connectivity index (χ1n) is 9.98. The van der Waals surface area contributed by atoms with Crippen LogP contribution in [-0.4, -0.2) is 4.57 Å². The lowest BCUT2D eigenvalue weighted by Gasteiger charge is -2.20. The van der Waals surface area contributed by atoms with Crippen molar-refractivity contribution >= 4 is 11.0 Å². The zero-order valence-electron chi connectivity index (χ0n) is 16.8. The Kier molecular flexibility index (Phi) is 4.17. The molecule has 0 spiro atoms. The van der Waals surface area contributed by atoms with Crippen molar-refractivity contribution in [1.29, 1.82) is 0 Å². The fourth-order valence-electron chi connectivity index (χ4n) is 4.56. The normalized spacial score (nSPS) is 15.9. The highest BCUT2D eigenvalue weighted by Crippen LogP contribution is 2.37. The van der Waals surface area contributed by atoms with Gasteiger partial charge >= 0.3 is 0 Å². The molecule has 3 aromatic rings. The van der Waals surface area contributed by atoms with Gasteiger partial charge in [-0.2, -0.15) is 0 Å². The summed E-state index contributed by atoms with van der Waals surface area (Å²) < 4.78 is 5.02. The second-order valence-corrected chi connectivity index (χ2v) is 8.96. The van der Waals surface area contributed by atoms with Crippen LogP contribution in [0.1, 0.15) is 63.6 Å². The van der Waals surface area contributed by atoms with E-state index < -0.39 is 0 Å². The largest absolute Gasteiger partial charge is 0.290 e. The van der Waals surface area contributed by atoms with Gasteiger partial charge in [0, 0.05) is 0 Å². The molecule has 136 valence electrons. The van der Waals surface area contributed by atoms with E-state index in [2.05, 4.69) is 86.3 Å². The van der Waals surface area contributed by atoms with Crippen LogP contribution in [0.25, 0.3) is 22.4 Å². The fraction of sp³-hybridized carbons (Fsp3) is 0.458. The van der Waals surface area contributed by atoms with E-state index in [1.807, 2.05) is 0 Å². The van der Waals surface area contributed by atoms with E-state index in [0.29, 0.717) is 6.04 Å². The Morgan fingerprint density at radius 1 is 1.00 bits per heavy atom. The first-order chi connectivity index (χ1) is 12.4. The molecule has 0 N–H and O–H groups in total. The van der Waals surface area contributed by atoms with Gasteiger partial charge in [-0.3, -0.25) is 0 Å².